The minimum atomic E-state index is 0.156. The molecule has 0 aliphatic carbocycles. The van der Waals surface area contributed by atoms with Crippen LogP contribution in [0.1, 0.15) is 29.1 Å². The third-order valence-electron chi connectivity index (χ3n) is 4.29. The second-order valence-corrected chi connectivity index (χ2v) is 6.95. The van der Waals surface area contributed by atoms with E-state index < -0.39 is 0 Å². The first-order valence-corrected chi connectivity index (χ1v) is 9.33. The Morgan fingerprint density at radius 2 is 1.96 bits per heavy atom. The van der Waals surface area contributed by atoms with Gasteiger partial charge in [-0.15, -0.1) is 11.3 Å². The van der Waals surface area contributed by atoms with E-state index in [1.807, 2.05) is 25.1 Å². The summed E-state index contributed by atoms with van der Waals surface area (Å²) in [6, 6.07) is 10.3. The number of benzene rings is 1. The van der Waals surface area contributed by atoms with E-state index in [4.69, 9.17) is 4.74 Å². The largest absolute Gasteiger partial charge is 0.492 e. The molecule has 1 aliphatic heterocycles. The maximum Gasteiger partial charge on any atom is 0.169 e. The molecule has 1 saturated heterocycles. The number of hydrogen-bond donors (Lipinski definition) is 0. The van der Waals surface area contributed by atoms with Gasteiger partial charge in [-0.25, -0.2) is 0 Å². The van der Waals surface area contributed by atoms with Crippen LogP contribution in [-0.2, 0) is 6.54 Å². The molecule has 0 radical (unpaired) electrons. The molecule has 1 aromatic heterocycles. The summed E-state index contributed by atoms with van der Waals surface area (Å²) in [5.41, 5.74) is 2.43. The third kappa shape index (κ3) is 3.97. The van der Waals surface area contributed by atoms with Crippen LogP contribution < -0.4 is 9.64 Å². The fourth-order valence-corrected chi connectivity index (χ4v) is 3.85. The highest BCUT2D eigenvalue weighted by molar-refractivity contribution is 7.12. The average molecular weight is 344 g/mol. The van der Waals surface area contributed by atoms with E-state index in [9.17, 15) is 4.79 Å². The summed E-state index contributed by atoms with van der Waals surface area (Å²) in [6.07, 6.45) is 0. The van der Waals surface area contributed by atoms with Gasteiger partial charge < -0.3 is 9.64 Å². The van der Waals surface area contributed by atoms with Crippen molar-refractivity contribution in [2.24, 2.45) is 0 Å². The number of para-hydroxylation sites is 2. The molecule has 0 atom stereocenters. The normalized spacial score (nSPS) is 15.5. The Balaban J connectivity index is 1.58. The minimum absolute atomic E-state index is 0.156. The van der Waals surface area contributed by atoms with Crippen molar-refractivity contribution in [1.82, 2.24) is 4.90 Å². The summed E-state index contributed by atoms with van der Waals surface area (Å²) in [4.78, 5) is 17.1. The number of ether oxygens (including phenoxy) is 1. The fourth-order valence-electron chi connectivity index (χ4n) is 3.04. The number of ketones is 1. The Labute approximate surface area is 147 Å². The molecule has 2 heterocycles. The molecule has 1 aromatic carbocycles. The van der Waals surface area contributed by atoms with Gasteiger partial charge in [0, 0.05) is 32.7 Å². The number of thiophene rings is 1. The van der Waals surface area contributed by atoms with E-state index in [-0.39, 0.29) is 5.78 Å². The predicted octanol–water partition coefficient (Wildman–Crippen LogP) is 3.67. The molecule has 128 valence electrons. The molecule has 0 N–H and O–H groups in total. The van der Waals surface area contributed by atoms with Gasteiger partial charge in [0.05, 0.1) is 17.2 Å². The van der Waals surface area contributed by atoms with Crippen LogP contribution in [0.4, 0.5) is 5.69 Å². The number of Topliss-reactive ketones (excluding diaryl/α,β-unsaturated/α-hetero) is 1. The molecule has 3 rings (SSSR count). The number of anilines is 1. The van der Waals surface area contributed by atoms with Crippen LogP contribution in [0.25, 0.3) is 0 Å². The van der Waals surface area contributed by atoms with Crippen molar-refractivity contribution in [3.63, 3.8) is 0 Å². The SMILES string of the molecule is CCOc1ccccc1N1CCN(Cc2csc(C(C)=O)c2)CC1. The lowest BCUT2D eigenvalue weighted by molar-refractivity contribution is 0.102. The first-order chi connectivity index (χ1) is 11.7. The smallest absolute Gasteiger partial charge is 0.169 e. The van der Waals surface area contributed by atoms with Crippen molar-refractivity contribution < 1.29 is 9.53 Å². The van der Waals surface area contributed by atoms with Crippen molar-refractivity contribution in [3.8, 4) is 5.75 Å². The highest BCUT2D eigenvalue weighted by Gasteiger charge is 2.20. The zero-order chi connectivity index (χ0) is 16.9. The number of nitrogens with zero attached hydrogens (tertiary/aromatic N) is 2. The Kier molecular flexibility index (Phi) is 5.53. The second-order valence-electron chi connectivity index (χ2n) is 6.04. The number of piperazine rings is 1. The molecule has 1 aliphatic rings. The summed E-state index contributed by atoms with van der Waals surface area (Å²) < 4.78 is 5.75. The minimum Gasteiger partial charge on any atom is -0.492 e. The summed E-state index contributed by atoms with van der Waals surface area (Å²) in [6.45, 7) is 9.28. The van der Waals surface area contributed by atoms with Crippen LogP contribution >= 0.6 is 11.3 Å². The number of carbonyl (C=O) groups is 1. The van der Waals surface area contributed by atoms with Crippen LogP contribution in [0.3, 0.4) is 0 Å². The highest BCUT2D eigenvalue weighted by Crippen LogP contribution is 2.29. The van der Waals surface area contributed by atoms with Gasteiger partial charge in [-0.3, -0.25) is 9.69 Å². The Morgan fingerprint density at radius 1 is 1.21 bits per heavy atom. The van der Waals surface area contributed by atoms with Crippen LogP contribution in [0.5, 0.6) is 5.75 Å². The van der Waals surface area contributed by atoms with Gasteiger partial charge in [-0.2, -0.15) is 0 Å². The molecule has 0 unspecified atom stereocenters. The molecule has 0 saturated carbocycles. The monoisotopic (exact) mass is 344 g/mol. The van der Waals surface area contributed by atoms with E-state index in [1.54, 1.807) is 18.3 Å². The van der Waals surface area contributed by atoms with Gasteiger partial charge >= 0.3 is 0 Å². The van der Waals surface area contributed by atoms with E-state index >= 15 is 0 Å². The maximum atomic E-state index is 11.4. The van der Waals surface area contributed by atoms with E-state index in [0.29, 0.717) is 6.61 Å². The van der Waals surface area contributed by atoms with Crippen molar-refractivity contribution in [2.75, 3.05) is 37.7 Å². The summed E-state index contributed by atoms with van der Waals surface area (Å²) >= 11 is 1.55. The lowest BCUT2D eigenvalue weighted by Gasteiger charge is -2.36. The number of carbonyl (C=O) groups excluding carboxylic acids is 1. The second kappa shape index (κ2) is 7.81. The van der Waals surface area contributed by atoms with Gasteiger partial charge in [-0.05, 0) is 43.0 Å². The Hall–Kier alpha value is -1.85. The first-order valence-electron chi connectivity index (χ1n) is 8.45. The van der Waals surface area contributed by atoms with E-state index in [0.717, 1.165) is 43.4 Å². The first kappa shape index (κ1) is 17.0. The Bertz CT molecular complexity index is 690. The highest BCUT2D eigenvalue weighted by atomic mass is 32.1. The van der Waals surface area contributed by atoms with E-state index in [1.165, 1.54) is 11.3 Å². The molecule has 0 spiro atoms. The fraction of sp³-hybridized carbons (Fsp3) is 0.421. The lowest BCUT2D eigenvalue weighted by atomic mass is 10.2. The Morgan fingerprint density at radius 3 is 2.62 bits per heavy atom. The van der Waals surface area contributed by atoms with Crippen molar-refractivity contribution in [2.45, 2.75) is 20.4 Å². The average Bonchev–Trinajstić information content (AvgIpc) is 3.05. The summed E-state index contributed by atoms with van der Waals surface area (Å²) in [5.74, 6) is 1.13. The molecule has 1 fully saturated rings. The zero-order valence-electron chi connectivity index (χ0n) is 14.3. The van der Waals surface area contributed by atoms with Crippen molar-refractivity contribution in [3.05, 3.63) is 46.2 Å². The van der Waals surface area contributed by atoms with Crippen molar-refractivity contribution in [1.29, 1.82) is 0 Å². The van der Waals surface area contributed by atoms with Crippen LogP contribution in [-0.4, -0.2) is 43.5 Å². The van der Waals surface area contributed by atoms with Gasteiger partial charge in [0.2, 0.25) is 0 Å². The molecule has 4 nitrogen and oxygen atoms in total. The maximum absolute atomic E-state index is 11.4. The molecule has 5 heteroatoms. The standard InChI is InChI=1S/C19H24N2O2S/c1-3-23-18-7-5-4-6-17(18)21-10-8-20(9-11-21)13-16-12-19(15(2)22)24-14-16/h4-7,12,14H,3,8-11,13H2,1-2H3. The van der Waals surface area contributed by atoms with Crippen LogP contribution in [0.15, 0.2) is 35.7 Å². The zero-order valence-corrected chi connectivity index (χ0v) is 15.1. The summed E-state index contributed by atoms with van der Waals surface area (Å²) in [7, 11) is 0. The quantitative estimate of drug-likeness (QED) is 0.749. The topological polar surface area (TPSA) is 32.8 Å². The molecular formula is C19H24N2O2S. The van der Waals surface area contributed by atoms with Gasteiger partial charge in [-0.1, -0.05) is 12.1 Å². The molecule has 24 heavy (non-hydrogen) atoms. The molecule has 2 aromatic rings. The van der Waals surface area contributed by atoms with Crippen molar-refractivity contribution >= 4 is 22.8 Å². The molecule has 0 bridgehead atoms. The lowest BCUT2D eigenvalue weighted by Crippen LogP contribution is -2.46. The third-order valence-corrected chi connectivity index (χ3v) is 5.36. The van der Waals surface area contributed by atoms with Gasteiger partial charge in [0.15, 0.2) is 5.78 Å². The van der Waals surface area contributed by atoms with Crippen LogP contribution in [0.2, 0.25) is 0 Å². The van der Waals surface area contributed by atoms with Crippen LogP contribution in [0, 0.1) is 0 Å². The molecule has 0 amide bonds. The summed E-state index contributed by atoms with van der Waals surface area (Å²) in [5, 5.41) is 2.10. The van der Waals surface area contributed by atoms with E-state index in [2.05, 4.69) is 27.3 Å². The van der Waals surface area contributed by atoms with Gasteiger partial charge in [0.1, 0.15) is 5.75 Å². The molecular weight excluding hydrogens is 320 g/mol. The van der Waals surface area contributed by atoms with Gasteiger partial charge in [0.25, 0.3) is 0 Å². The number of hydrogen-bond acceptors (Lipinski definition) is 5. The predicted molar refractivity (Wildman–Crippen MR) is 99.4 cm³/mol. The number of rotatable bonds is 6.